The number of nitrogens with zero attached hydrogens (tertiary/aromatic N) is 1. The maximum atomic E-state index is 4.45. The highest BCUT2D eigenvalue weighted by molar-refractivity contribution is 7.80. The molecule has 0 radical (unpaired) electrons. The predicted molar refractivity (Wildman–Crippen MR) is 69.2 cm³/mol. The van der Waals surface area contributed by atoms with E-state index in [0.717, 1.165) is 17.6 Å². The zero-order valence-corrected chi connectivity index (χ0v) is 11.2. The SMILES string of the molecule is CCCCCC(C)[C@@H](CS)CN(C)C. The van der Waals surface area contributed by atoms with Gasteiger partial charge in [-0.15, -0.1) is 0 Å². The first kappa shape index (κ1) is 14.3. The van der Waals surface area contributed by atoms with E-state index in [1.165, 1.54) is 32.2 Å². The summed E-state index contributed by atoms with van der Waals surface area (Å²) in [6.45, 7) is 5.82. The number of thiol groups is 1. The van der Waals surface area contributed by atoms with E-state index in [1.807, 2.05) is 0 Å². The fourth-order valence-corrected chi connectivity index (χ4v) is 2.31. The van der Waals surface area contributed by atoms with E-state index in [4.69, 9.17) is 0 Å². The first-order chi connectivity index (χ1) is 6.61. The summed E-state index contributed by atoms with van der Waals surface area (Å²) in [4.78, 5) is 2.28. The number of hydrogen-bond donors (Lipinski definition) is 1. The summed E-state index contributed by atoms with van der Waals surface area (Å²) in [7, 11) is 4.30. The van der Waals surface area contributed by atoms with Gasteiger partial charge in [-0.1, -0.05) is 39.5 Å². The molecule has 1 nitrogen and oxygen atoms in total. The lowest BCUT2D eigenvalue weighted by atomic mass is 9.90. The highest BCUT2D eigenvalue weighted by atomic mass is 32.1. The first-order valence-corrected chi connectivity index (χ1v) is 6.50. The van der Waals surface area contributed by atoms with Gasteiger partial charge < -0.3 is 4.90 Å². The Morgan fingerprint density at radius 1 is 1.21 bits per heavy atom. The number of hydrogen-bond acceptors (Lipinski definition) is 2. The van der Waals surface area contributed by atoms with Crippen LogP contribution in [-0.2, 0) is 0 Å². The van der Waals surface area contributed by atoms with Crippen molar-refractivity contribution in [3.8, 4) is 0 Å². The summed E-state index contributed by atoms with van der Waals surface area (Å²) in [5.74, 6) is 2.59. The van der Waals surface area contributed by atoms with Crippen LogP contribution >= 0.6 is 12.6 Å². The summed E-state index contributed by atoms with van der Waals surface area (Å²) in [5, 5.41) is 0. The molecular weight excluding hydrogens is 190 g/mol. The van der Waals surface area contributed by atoms with Gasteiger partial charge in [0, 0.05) is 6.54 Å². The van der Waals surface area contributed by atoms with Gasteiger partial charge in [0.05, 0.1) is 0 Å². The average molecular weight is 217 g/mol. The lowest BCUT2D eigenvalue weighted by Crippen LogP contribution is -2.27. The van der Waals surface area contributed by atoms with Gasteiger partial charge in [-0.05, 0) is 31.7 Å². The van der Waals surface area contributed by atoms with Crippen LogP contribution in [0, 0.1) is 11.8 Å². The van der Waals surface area contributed by atoms with E-state index in [2.05, 4.69) is 45.5 Å². The lowest BCUT2D eigenvalue weighted by molar-refractivity contribution is 0.266. The third-order valence-electron chi connectivity index (χ3n) is 2.90. The van der Waals surface area contributed by atoms with Crippen molar-refractivity contribution in [2.75, 3.05) is 26.4 Å². The Balaban J connectivity index is 3.73. The van der Waals surface area contributed by atoms with Crippen molar-refractivity contribution < 1.29 is 0 Å². The summed E-state index contributed by atoms with van der Waals surface area (Å²) >= 11 is 4.45. The molecule has 0 aromatic carbocycles. The molecule has 0 aromatic heterocycles. The zero-order chi connectivity index (χ0) is 11.0. The standard InChI is InChI=1S/C12H27NS/c1-5-6-7-8-11(2)12(10-14)9-13(3)4/h11-12,14H,5-10H2,1-4H3/t11?,12-/m1/s1. The molecule has 86 valence electrons. The van der Waals surface area contributed by atoms with Crippen LogP contribution in [0.3, 0.4) is 0 Å². The average Bonchev–Trinajstić information content (AvgIpc) is 2.14. The molecule has 0 N–H and O–H groups in total. The Morgan fingerprint density at radius 3 is 2.29 bits per heavy atom. The molecule has 0 spiro atoms. The monoisotopic (exact) mass is 217 g/mol. The van der Waals surface area contributed by atoms with Gasteiger partial charge in [0.2, 0.25) is 0 Å². The Labute approximate surface area is 95.7 Å². The topological polar surface area (TPSA) is 3.24 Å². The molecule has 1 unspecified atom stereocenters. The van der Waals surface area contributed by atoms with Crippen LogP contribution in [0.5, 0.6) is 0 Å². The van der Waals surface area contributed by atoms with Gasteiger partial charge in [0.25, 0.3) is 0 Å². The van der Waals surface area contributed by atoms with Crippen molar-refractivity contribution in [2.24, 2.45) is 11.8 Å². The minimum Gasteiger partial charge on any atom is -0.309 e. The molecule has 0 aliphatic rings. The molecule has 0 fully saturated rings. The third kappa shape index (κ3) is 6.72. The molecule has 2 atom stereocenters. The molecule has 0 aromatic rings. The molecular formula is C12H27NS. The third-order valence-corrected chi connectivity index (χ3v) is 3.37. The summed E-state index contributed by atoms with van der Waals surface area (Å²) < 4.78 is 0. The fraction of sp³-hybridized carbons (Fsp3) is 1.00. The second-order valence-electron chi connectivity index (χ2n) is 4.68. The van der Waals surface area contributed by atoms with Crippen LogP contribution in [0.15, 0.2) is 0 Å². The summed E-state index contributed by atoms with van der Waals surface area (Å²) in [6.07, 6.45) is 5.46. The quantitative estimate of drug-likeness (QED) is 0.482. The Bertz CT molecular complexity index is 125. The van der Waals surface area contributed by atoms with Gasteiger partial charge in [-0.25, -0.2) is 0 Å². The van der Waals surface area contributed by atoms with E-state index in [-0.39, 0.29) is 0 Å². The van der Waals surface area contributed by atoms with Crippen molar-refractivity contribution in [1.29, 1.82) is 0 Å². The molecule has 2 heteroatoms. The molecule has 0 amide bonds. The van der Waals surface area contributed by atoms with Crippen molar-refractivity contribution in [3.63, 3.8) is 0 Å². The van der Waals surface area contributed by atoms with Crippen LogP contribution in [0.4, 0.5) is 0 Å². The van der Waals surface area contributed by atoms with Gasteiger partial charge in [-0.3, -0.25) is 0 Å². The van der Waals surface area contributed by atoms with Gasteiger partial charge in [0.1, 0.15) is 0 Å². The van der Waals surface area contributed by atoms with Gasteiger partial charge >= 0.3 is 0 Å². The van der Waals surface area contributed by atoms with Crippen LogP contribution in [0.25, 0.3) is 0 Å². The summed E-state index contributed by atoms with van der Waals surface area (Å²) in [5.41, 5.74) is 0. The van der Waals surface area contributed by atoms with E-state index < -0.39 is 0 Å². The highest BCUT2D eigenvalue weighted by Gasteiger charge is 2.15. The van der Waals surface area contributed by atoms with E-state index in [9.17, 15) is 0 Å². The summed E-state index contributed by atoms with van der Waals surface area (Å²) in [6, 6.07) is 0. The van der Waals surface area contributed by atoms with E-state index >= 15 is 0 Å². The molecule has 0 rings (SSSR count). The fourth-order valence-electron chi connectivity index (χ4n) is 1.84. The largest absolute Gasteiger partial charge is 0.309 e. The highest BCUT2D eigenvalue weighted by Crippen LogP contribution is 2.20. The lowest BCUT2D eigenvalue weighted by Gasteiger charge is -2.25. The zero-order valence-electron chi connectivity index (χ0n) is 10.3. The second kappa shape index (κ2) is 8.60. The molecule has 0 saturated carbocycles. The van der Waals surface area contributed by atoms with Crippen LogP contribution in [0.2, 0.25) is 0 Å². The molecule has 0 aliphatic heterocycles. The van der Waals surface area contributed by atoms with Crippen molar-refractivity contribution >= 4 is 12.6 Å². The minimum absolute atomic E-state index is 0.755. The van der Waals surface area contributed by atoms with Crippen molar-refractivity contribution in [3.05, 3.63) is 0 Å². The maximum Gasteiger partial charge on any atom is 0.00139 e. The Hall–Kier alpha value is 0.310. The molecule has 0 saturated heterocycles. The molecule has 0 bridgehead atoms. The van der Waals surface area contributed by atoms with Gasteiger partial charge in [0.15, 0.2) is 0 Å². The normalized spacial score (nSPS) is 15.9. The molecule has 0 aliphatic carbocycles. The predicted octanol–water partition coefficient (Wildman–Crippen LogP) is 3.31. The van der Waals surface area contributed by atoms with Crippen LogP contribution in [0.1, 0.15) is 39.5 Å². The van der Waals surface area contributed by atoms with Crippen molar-refractivity contribution in [1.82, 2.24) is 4.90 Å². The number of rotatable bonds is 8. The smallest absolute Gasteiger partial charge is 0.00139 e. The Morgan fingerprint density at radius 2 is 1.86 bits per heavy atom. The van der Waals surface area contributed by atoms with Crippen molar-refractivity contribution in [2.45, 2.75) is 39.5 Å². The van der Waals surface area contributed by atoms with E-state index in [1.54, 1.807) is 0 Å². The molecule has 0 heterocycles. The number of unbranched alkanes of at least 4 members (excludes halogenated alkanes) is 2. The second-order valence-corrected chi connectivity index (χ2v) is 5.04. The van der Waals surface area contributed by atoms with Crippen LogP contribution < -0.4 is 0 Å². The minimum atomic E-state index is 0.755. The van der Waals surface area contributed by atoms with E-state index in [0.29, 0.717) is 0 Å². The van der Waals surface area contributed by atoms with Gasteiger partial charge in [-0.2, -0.15) is 12.6 Å². The van der Waals surface area contributed by atoms with Crippen LogP contribution in [-0.4, -0.2) is 31.3 Å². The maximum absolute atomic E-state index is 4.45. The first-order valence-electron chi connectivity index (χ1n) is 5.87. The molecule has 14 heavy (non-hydrogen) atoms. The Kier molecular flexibility index (Phi) is 8.80.